The predicted octanol–water partition coefficient (Wildman–Crippen LogP) is 1.15. The van der Waals surface area contributed by atoms with Crippen LogP contribution in [0.25, 0.3) is 0 Å². The number of anilines is 1. The van der Waals surface area contributed by atoms with Crippen molar-refractivity contribution in [1.82, 2.24) is 4.98 Å². The van der Waals surface area contributed by atoms with Crippen molar-refractivity contribution in [2.45, 2.75) is 13.8 Å². The summed E-state index contributed by atoms with van der Waals surface area (Å²) in [6.07, 6.45) is 0. The van der Waals surface area contributed by atoms with Crippen LogP contribution in [0.1, 0.15) is 22.3 Å². The van der Waals surface area contributed by atoms with Gasteiger partial charge in [0.2, 0.25) is 0 Å². The van der Waals surface area contributed by atoms with Gasteiger partial charge >= 0.3 is 5.97 Å². The van der Waals surface area contributed by atoms with Gasteiger partial charge in [-0.25, -0.2) is 4.98 Å². The molecule has 0 aliphatic carbocycles. The Morgan fingerprint density at radius 2 is 2.21 bits per heavy atom. The second kappa shape index (κ2) is 4.19. The Morgan fingerprint density at radius 3 is 2.64 bits per heavy atom. The average molecular weight is 214 g/mol. The molecule has 6 heteroatoms. The second-order valence-corrected chi connectivity index (χ2v) is 3.93. The first-order valence-corrected chi connectivity index (χ1v) is 4.76. The molecule has 0 aromatic carbocycles. The Morgan fingerprint density at radius 1 is 1.57 bits per heavy atom. The highest BCUT2D eigenvalue weighted by Gasteiger charge is 2.11. The van der Waals surface area contributed by atoms with Crippen LogP contribution < -0.4 is 5.32 Å². The van der Waals surface area contributed by atoms with Gasteiger partial charge in [-0.3, -0.25) is 9.59 Å². The number of hydrogen-bond acceptors (Lipinski definition) is 5. The van der Waals surface area contributed by atoms with Crippen molar-refractivity contribution in [3.05, 3.63) is 10.6 Å². The Kier molecular flexibility index (Phi) is 3.19. The van der Waals surface area contributed by atoms with Crippen LogP contribution in [0.5, 0.6) is 0 Å². The van der Waals surface area contributed by atoms with E-state index in [4.69, 9.17) is 5.11 Å². The van der Waals surface area contributed by atoms with Crippen molar-refractivity contribution in [3.63, 3.8) is 0 Å². The van der Waals surface area contributed by atoms with Crippen LogP contribution in [-0.2, 0) is 4.79 Å². The molecule has 14 heavy (non-hydrogen) atoms. The van der Waals surface area contributed by atoms with Crippen LogP contribution >= 0.6 is 11.3 Å². The first kappa shape index (κ1) is 10.6. The fraction of sp³-hybridized carbons (Fsp3) is 0.375. The molecule has 1 rings (SSSR count). The summed E-state index contributed by atoms with van der Waals surface area (Å²) in [7, 11) is 0. The number of thiazole rings is 1. The molecule has 0 fully saturated rings. The van der Waals surface area contributed by atoms with Gasteiger partial charge in [-0.05, 0) is 6.92 Å². The monoisotopic (exact) mass is 214 g/mol. The number of carbonyl (C=O) groups is 2. The van der Waals surface area contributed by atoms with E-state index in [2.05, 4.69) is 10.3 Å². The number of aryl methyl sites for hydroxylation is 1. The maximum atomic E-state index is 11.0. The first-order chi connectivity index (χ1) is 6.50. The normalized spacial score (nSPS) is 9.86. The number of carboxylic acids is 1. The fourth-order valence-corrected chi connectivity index (χ4v) is 1.81. The quantitative estimate of drug-likeness (QED) is 0.735. The van der Waals surface area contributed by atoms with Crippen molar-refractivity contribution < 1.29 is 14.7 Å². The zero-order chi connectivity index (χ0) is 10.7. The molecular formula is C8H10N2O3S. The number of Topliss-reactive ketones (excluding diaryl/α,β-unsaturated/α-hetero) is 1. The van der Waals surface area contributed by atoms with E-state index in [9.17, 15) is 9.59 Å². The van der Waals surface area contributed by atoms with Crippen molar-refractivity contribution >= 4 is 28.2 Å². The van der Waals surface area contributed by atoms with Gasteiger partial charge in [0.25, 0.3) is 0 Å². The lowest BCUT2D eigenvalue weighted by molar-refractivity contribution is -0.134. The van der Waals surface area contributed by atoms with E-state index in [1.54, 1.807) is 6.92 Å². The number of hydrogen-bond donors (Lipinski definition) is 2. The topological polar surface area (TPSA) is 79.3 Å². The maximum absolute atomic E-state index is 11.0. The molecule has 76 valence electrons. The summed E-state index contributed by atoms with van der Waals surface area (Å²) in [6, 6.07) is 0. The number of carboxylic acid groups (broad SMARTS) is 1. The Bertz CT molecular complexity index is 373. The number of carbonyl (C=O) groups excluding carboxylic acids is 1. The molecule has 0 unspecified atom stereocenters. The van der Waals surface area contributed by atoms with Gasteiger partial charge in [0.1, 0.15) is 12.2 Å². The van der Waals surface area contributed by atoms with Gasteiger partial charge in [-0.15, -0.1) is 11.3 Å². The standard InChI is InChI=1S/C8H10N2O3S/c1-4(11)7-5(2)14-8(10-7)9-3-6(12)13/h3H2,1-2H3,(H,9,10)(H,12,13). The summed E-state index contributed by atoms with van der Waals surface area (Å²) >= 11 is 1.28. The lowest BCUT2D eigenvalue weighted by Crippen LogP contribution is -2.12. The third-order valence-electron chi connectivity index (χ3n) is 1.52. The number of ketones is 1. The summed E-state index contributed by atoms with van der Waals surface area (Å²) in [5, 5.41) is 11.5. The summed E-state index contributed by atoms with van der Waals surface area (Å²) in [6.45, 7) is 3.02. The Balaban J connectivity index is 2.76. The van der Waals surface area contributed by atoms with E-state index in [0.29, 0.717) is 10.8 Å². The summed E-state index contributed by atoms with van der Waals surface area (Å²) in [4.78, 5) is 26.0. The van der Waals surface area contributed by atoms with Crippen molar-refractivity contribution in [3.8, 4) is 0 Å². The van der Waals surface area contributed by atoms with Crippen molar-refractivity contribution in [2.75, 3.05) is 11.9 Å². The third-order valence-corrected chi connectivity index (χ3v) is 2.45. The van der Waals surface area contributed by atoms with Crippen LogP contribution in [0, 0.1) is 6.92 Å². The lowest BCUT2D eigenvalue weighted by Gasteiger charge is -1.95. The third kappa shape index (κ3) is 2.53. The van der Waals surface area contributed by atoms with Crippen LogP contribution in [0.2, 0.25) is 0 Å². The zero-order valence-corrected chi connectivity index (χ0v) is 8.64. The molecule has 0 saturated carbocycles. The number of rotatable bonds is 4. The molecule has 0 spiro atoms. The highest BCUT2D eigenvalue weighted by Crippen LogP contribution is 2.21. The van der Waals surface area contributed by atoms with E-state index in [1.165, 1.54) is 18.3 Å². The number of nitrogens with one attached hydrogen (secondary N) is 1. The molecule has 1 aromatic heterocycles. The molecule has 0 amide bonds. The molecule has 0 aliphatic heterocycles. The molecule has 5 nitrogen and oxygen atoms in total. The Labute approximate surface area is 84.8 Å². The fourth-order valence-electron chi connectivity index (χ4n) is 0.950. The highest BCUT2D eigenvalue weighted by atomic mass is 32.1. The van der Waals surface area contributed by atoms with Crippen LogP contribution in [0.4, 0.5) is 5.13 Å². The minimum Gasteiger partial charge on any atom is -0.480 e. The first-order valence-electron chi connectivity index (χ1n) is 3.94. The molecule has 0 bridgehead atoms. The van der Waals surface area contributed by atoms with Gasteiger partial charge in [-0.1, -0.05) is 0 Å². The molecule has 0 aliphatic rings. The van der Waals surface area contributed by atoms with E-state index in [-0.39, 0.29) is 12.3 Å². The van der Waals surface area contributed by atoms with E-state index >= 15 is 0 Å². The Hall–Kier alpha value is -1.43. The van der Waals surface area contributed by atoms with Crippen molar-refractivity contribution in [1.29, 1.82) is 0 Å². The summed E-state index contributed by atoms with van der Waals surface area (Å²) in [5.74, 6) is -1.07. The van der Waals surface area contributed by atoms with Gasteiger partial charge in [0.05, 0.1) is 0 Å². The molecule has 0 saturated heterocycles. The van der Waals surface area contributed by atoms with Gasteiger partial charge in [0.15, 0.2) is 10.9 Å². The highest BCUT2D eigenvalue weighted by molar-refractivity contribution is 7.15. The average Bonchev–Trinajstić information content (AvgIpc) is 2.43. The van der Waals surface area contributed by atoms with Crippen molar-refractivity contribution in [2.24, 2.45) is 0 Å². The van der Waals surface area contributed by atoms with Crippen LogP contribution in [0.3, 0.4) is 0 Å². The molecule has 1 heterocycles. The molecular weight excluding hydrogens is 204 g/mol. The summed E-state index contributed by atoms with van der Waals surface area (Å²) in [5.41, 5.74) is 0.405. The van der Waals surface area contributed by atoms with Crippen LogP contribution in [0.15, 0.2) is 0 Å². The van der Waals surface area contributed by atoms with Gasteiger partial charge in [0, 0.05) is 11.8 Å². The van der Waals surface area contributed by atoms with Gasteiger partial charge < -0.3 is 10.4 Å². The molecule has 1 aromatic rings. The maximum Gasteiger partial charge on any atom is 0.322 e. The van der Waals surface area contributed by atoms with Crippen LogP contribution in [-0.4, -0.2) is 28.4 Å². The zero-order valence-electron chi connectivity index (χ0n) is 7.83. The minimum absolute atomic E-state index is 0.109. The largest absolute Gasteiger partial charge is 0.480 e. The predicted molar refractivity (Wildman–Crippen MR) is 53.0 cm³/mol. The second-order valence-electron chi connectivity index (χ2n) is 2.73. The van der Waals surface area contributed by atoms with E-state index < -0.39 is 5.97 Å². The lowest BCUT2D eigenvalue weighted by atomic mass is 10.3. The molecule has 2 N–H and O–H groups in total. The van der Waals surface area contributed by atoms with E-state index in [1.807, 2.05) is 0 Å². The number of aliphatic carboxylic acids is 1. The van der Waals surface area contributed by atoms with Gasteiger partial charge in [-0.2, -0.15) is 0 Å². The smallest absolute Gasteiger partial charge is 0.322 e. The van der Waals surface area contributed by atoms with E-state index in [0.717, 1.165) is 4.88 Å². The number of nitrogens with zero attached hydrogens (tertiary/aromatic N) is 1. The molecule has 0 atom stereocenters. The number of aromatic nitrogens is 1. The minimum atomic E-state index is -0.956. The SMILES string of the molecule is CC(=O)c1nc(NCC(=O)O)sc1C. The molecule has 0 radical (unpaired) electrons. The summed E-state index contributed by atoms with van der Waals surface area (Å²) < 4.78 is 0.